The molecule has 0 amide bonds. The molecule has 1 rings (SSSR count). The minimum atomic E-state index is 0.852. The molecule has 94 valence electrons. The molecule has 0 aliphatic heterocycles. The lowest BCUT2D eigenvalue weighted by Crippen LogP contribution is -2.04. The van der Waals surface area contributed by atoms with Crippen molar-refractivity contribution in [3.8, 4) is 0 Å². The van der Waals surface area contributed by atoms with Crippen molar-refractivity contribution in [2.75, 3.05) is 0 Å². The molecular formula is C17H26. The Kier molecular flexibility index (Phi) is 6.04. The summed E-state index contributed by atoms with van der Waals surface area (Å²) in [5.41, 5.74) is 3.92. The minimum absolute atomic E-state index is 0.852. The van der Waals surface area contributed by atoms with Crippen LogP contribution in [0.25, 0.3) is 5.57 Å². The lowest BCUT2D eigenvalue weighted by Gasteiger charge is -2.15. The molecule has 1 aromatic rings. The third kappa shape index (κ3) is 4.77. The molecule has 1 aromatic carbocycles. The molecule has 0 aliphatic carbocycles. The van der Waals surface area contributed by atoms with E-state index in [0.29, 0.717) is 0 Å². The maximum atomic E-state index is 4.02. The maximum Gasteiger partial charge on any atom is -0.0231 e. The number of hydrogen-bond donors (Lipinski definition) is 0. The summed E-state index contributed by atoms with van der Waals surface area (Å²) in [5, 5.41) is 0. The number of rotatable bonds is 7. The quantitative estimate of drug-likeness (QED) is 0.582. The largest absolute Gasteiger partial charge is 0.0955 e. The third-order valence-electron chi connectivity index (χ3n) is 3.34. The summed E-state index contributed by atoms with van der Waals surface area (Å²) in [6.07, 6.45) is 6.52. The molecule has 17 heavy (non-hydrogen) atoms. The summed E-state index contributed by atoms with van der Waals surface area (Å²) >= 11 is 0. The summed E-state index contributed by atoms with van der Waals surface area (Å²) in [6.45, 7) is 10.7. The first-order valence-corrected chi connectivity index (χ1v) is 6.92. The molecule has 0 radical (unpaired) electrons. The van der Waals surface area contributed by atoms with Gasteiger partial charge < -0.3 is 0 Å². The number of benzene rings is 1. The second kappa shape index (κ2) is 7.32. The molecule has 0 heteroatoms. The maximum absolute atomic E-state index is 4.02. The van der Waals surface area contributed by atoms with Crippen LogP contribution >= 0.6 is 0 Å². The normalized spacial score (nSPS) is 10.8. The van der Waals surface area contributed by atoms with E-state index in [1.807, 2.05) is 0 Å². The third-order valence-corrected chi connectivity index (χ3v) is 3.34. The van der Waals surface area contributed by atoms with Crippen molar-refractivity contribution >= 4 is 5.57 Å². The van der Waals surface area contributed by atoms with E-state index in [1.165, 1.54) is 43.2 Å². The molecule has 0 saturated heterocycles. The average molecular weight is 230 g/mol. The van der Waals surface area contributed by atoms with Crippen molar-refractivity contribution < 1.29 is 0 Å². The van der Waals surface area contributed by atoms with Crippen molar-refractivity contribution in [1.29, 1.82) is 0 Å². The topological polar surface area (TPSA) is 0 Å². The van der Waals surface area contributed by atoms with Gasteiger partial charge in [-0.15, -0.1) is 0 Å². The predicted octanol–water partition coefficient (Wildman–Crippen LogP) is 5.48. The van der Waals surface area contributed by atoms with E-state index in [1.54, 1.807) is 0 Å². The van der Waals surface area contributed by atoms with Gasteiger partial charge in [-0.3, -0.25) is 0 Å². The monoisotopic (exact) mass is 230 g/mol. The Labute approximate surface area is 107 Å². The van der Waals surface area contributed by atoms with Gasteiger partial charge in [0.05, 0.1) is 0 Å². The van der Waals surface area contributed by atoms with Crippen molar-refractivity contribution in [2.24, 2.45) is 5.92 Å². The zero-order chi connectivity index (χ0) is 12.7. The van der Waals surface area contributed by atoms with Gasteiger partial charge >= 0.3 is 0 Å². The summed E-state index contributed by atoms with van der Waals surface area (Å²) in [6, 6.07) is 8.88. The number of allylic oxidation sites excluding steroid dienone is 1. The van der Waals surface area contributed by atoms with Crippen LogP contribution in [-0.4, -0.2) is 0 Å². The lowest BCUT2D eigenvalue weighted by molar-refractivity contribution is 0.438. The molecule has 0 N–H and O–H groups in total. The predicted molar refractivity (Wildman–Crippen MR) is 78.2 cm³/mol. The van der Waals surface area contributed by atoms with E-state index >= 15 is 0 Å². The molecular weight excluding hydrogens is 204 g/mol. The van der Waals surface area contributed by atoms with Crippen LogP contribution < -0.4 is 0 Å². The molecule has 0 aliphatic rings. The highest BCUT2D eigenvalue weighted by atomic mass is 14.1. The summed E-state index contributed by atoms with van der Waals surface area (Å²) < 4.78 is 0. The van der Waals surface area contributed by atoms with Crippen LogP contribution in [0.2, 0.25) is 0 Å². The van der Waals surface area contributed by atoms with Gasteiger partial charge in [0.1, 0.15) is 0 Å². The highest BCUT2D eigenvalue weighted by Crippen LogP contribution is 2.21. The Hall–Kier alpha value is -1.04. The second-order valence-corrected chi connectivity index (χ2v) is 5.13. The first-order chi connectivity index (χ1) is 8.17. The Morgan fingerprint density at radius 3 is 2.35 bits per heavy atom. The Bertz CT molecular complexity index is 343. The van der Waals surface area contributed by atoms with E-state index < -0.39 is 0 Å². The molecule has 0 bridgehead atoms. The first kappa shape index (κ1) is 14.0. The molecule has 0 heterocycles. The average Bonchev–Trinajstić information content (AvgIpc) is 2.30. The van der Waals surface area contributed by atoms with Crippen LogP contribution in [0, 0.1) is 5.92 Å². The van der Waals surface area contributed by atoms with Crippen LogP contribution in [0.3, 0.4) is 0 Å². The second-order valence-electron chi connectivity index (χ2n) is 5.13. The van der Waals surface area contributed by atoms with Gasteiger partial charge in [0.2, 0.25) is 0 Å². The molecule has 0 saturated carbocycles. The Balaban J connectivity index is 2.71. The molecule has 0 aromatic heterocycles. The molecule has 0 nitrogen and oxygen atoms in total. The van der Waals surface area contributed by atoms with Crippen LogP contribution in [-0.2, 0) is 6.42 Å². The number of hydrogen-bond acceptors (Lipinski definition) is 0. The minimum Gasteiger partial charge on any atom is -0.0955 e. The van der Waals surface area contributed by atoms with Gasteiger partial charge in [-0.25, -0.2) is 0 Å². The Morgan fingerprint density at radius 1 is 1.18 bits per heavy atom. The van der Waals surface area contributed by atoms with Crippen LogP contribution in [0.5, 0.6) is 0 Å². The van der Waals surface area contributed by atoms with E-state index in [-0.39, 0.29) is 0 Å². The fraction of sp³-hybridized carbons (Fsp3) is 0.529. The van der Waals surface area contributed by atoms with Gasteiger partial charge in [-0.2, -0.15) is 0 Å². The van der Waals surface area contributed by atoms with E-state index in [0.717, 1.165) is 11.5 Å². The van der Waals surface area contributed by atoms with Crippen molar-refractivity contribution in [2.45, 2.75) is 52.9 Å². The first-order valence-electron chi connectivity index (χ1n) is 6.92. The molecule has 0 atom stereocenters. The smallest absolute Gasteiger partial charge is 0.0231 e. The van der Waals surface area contributed by atoms with Gasteiger partial charge in [0, 0.05) is 0 Å². The van der Waals surface area contributed by atoms with Gasteiger partial charge in [0.25, 0.3) is 0 Å². The van der Waals surface area contributed by atoms with Crippen molar-refractivity contribution in [3.05, 3.63) is 42.0 Å². The summed E-state index contributed by atoms with van der Waals surface area (Å²) in [4.78, 5) is 0. The van der Waals surface area contributed by atoms with Gasteiger partial charge in [0.15, 0.2) is 0 Å². The Morgan fingerprint density at radius 2 is 1.82 bits per heavy atom. The fourth-order valence-electron chi connectivity index (χ4n) is 2.46. The fourth-order valence-corrected chi connectivity index (χ4v) is 2.46. The molecule has 0 spiro atoms. The van der Waals surface area contributed by atoms with Crippen LogP contribution in [0.15, 0.2) is 30.8 Å². The van der Waals surface area contributed by atoms with Crippen LogP contribution in [0.1, 0.15) is 57.6 Å². The van der Waals surface area contributed by atoms with Crippen LogP contribution in [0.4, 0.5) is 0 Å². The summed E-state index contributed by atoms with van der Waals surface area (Å²) in [5.74, 6) is 0.852. The standard InChI is InChI=1S/C17H26/c1-5-8-15(9-6-2)12-16-10-7-11-17(13-16)14(3)4/h7,10-11,13,15H,3,5-6,8-9,12H2,1-2,4H3. The van der Waals surface area contributed by atoms with E-state index in [2.05, 4.69) is 51.6 Å². The zero-order valence-corrected chi connectivity index (χ0v) is 11.6. The molecule has 0 unspecified atom stereocenters. The highest BCUT2D eigenvalue weighted by molar-refractivity contribution is 5.61. The van der Waals surface area contributed by atoms with E-state index in [4.69, 9.17) is 0 Å². The lowest BCUT2D eigenvalue weighted by atomic mass is 9.90. The van der Waals surface area contributed by atoms with E-state index in [9.17, 15) is 0 Å². The summed E-state index contributed by atoms with van der Waals surface area (Å²) in [7, 11) is 0. The highest BCUT2D eigenvalue weighted by Gasteiger charge is 2.08. The zero-order valence-electron chi connectivity index (χ0n) is 11.6. The van der Waals surface area contributed by atoms with Gasteiger partial charge in [-0.1, -0.05) is 75.9 Å². The SMILES string of the molecule is C=C(C)c1cccc(CC(CCC)CCC)c1. The van der Waals surface area contributed by atoms with Crippen molar-refractivity contribution in [1.82, 2.24) is 0 Å². The molecule has 0 fully saturated rings. The van der Waals surface area contributed by atoms with Gasteiger partial charge in [-0.05, 0) is 30.4 Å². The van der Waals surface area contributed by atoms with Crippen molar-refractivity contribution in [3.63, 3.8) is 0 Å².